The van der Waals surface area contributed by atoms with E-state index in [0.717, 1.165) is 38.5 Å². The Morgan fingerprint density at radius 1 is 0.557 bits per heavy atom. The number of carbonyl (C=O) groups excluding carboxylic acids is 1. The Labute approximate surface area is 380 Å². The number of aliphatic hydroxyl groups excluding tert-OH is 1. The number of nitrogens with one attached hydrogen (secondary N) is 1. The van der Waals surface area contributed by atoms with Gasteiger partial charge in [0.1, 0.15) is 13.2 Å². The van der Waals surface area contributed by atoms with E-state index in [1.54, 1.807) is 0 Å². The summed E-state index contributed by atoms with van der Waals surface area (Å²) in [5.41, 5.74) is 0. The first-order valence-corrected chi connectivity index (χ1v) is 28.0. The number of hydrogen-bond acceptors (Lipinski definition) is 6. The number of hydrogen-bond donors (Lipinski definition) is 2. The van der Waals surface area contributed by atoms with E-state index >= 15 is 0 Å². The molecule has 364 valence electrons. The summed E-state index contributed by atoms with van der Waals surface area (Å²) in [5.74, 6) is -0.165. The van der Waals surface area contributed by atoms with Crippen molar-refractivity contribution in [1.29, 1.82) is 0 Å². The molecule has 0 spiro atoms. The molecule has 0 aliphatic rings. The molecular formula is C52H105N2O6P. The Hall–Kier alpha value is -0.760. The topological polar surface area (TPSA) is 108 Å². The van der Waals surface area contributed by atoms with Gasteiger partial charge in [-0.05, 0) is 38.5 Å². The molecular weight excluding hydrogens is 780 g/mol. The standard InChI is InChI=1S/C52H105N2O6P/c1-6-8-10-12-14-16-18-20-22-24-26-27-28-30-32-34-36-38-40-42-44-46-52(56)53-50(49-60-61(57,58)59-48-47-54(3,4)5)51(55)45-43-41-39-37-35-33-31-29-25-23-21-19-17-15-13-11-9-7-2/h27-28,50-51,55H,6-26,29-49H2,1-5H3,(H-,53,56,57,58)/b28-27-. The smallest absolute Gasteiger partial charge is 0.268 e. The third-order valence-electron chi connectivity index (χ3n) is 12.3. The van der Waals surface area contributed by atoms with Crippen molar-refractivity contribution in [2.75, 3.05) is 40.9 Å². The van der Waals surface area contributed by atoms with Gasteiger partial charge in [-0.3, -0.25) is 9.36 Å². The van der Waals surface area contributed by atoms with Crippen molar-refractivity contribution in [1.82, 2.24) is 5.32 Å². The fourth-order valence-electron chi connectivity index (χ4n) is 8.04. The largest absolute Gasteiger partial charge is 0.756 e. The van der Waals surface area contributed by atoms with Crippen LogP contribution >= 0.6 is 7.82 Å². The maximum Gasteiger partial charge on any atom is 0.268 e. The molecule has 0 aliphatic heterocycles. The Morgan fingerprint density at radius 2 is 0.902 bits per heavy atom. The third-order valence-corrected chi connectivity index (χ3v) is 13.2. The summed E-state index contributed by atoms with van der Waals surface area (Å²) in [4.78, 5) is 25.5. The van der Waals surface area contributed by atoms with Gasteiger partial charge in [-0.2, -0.15) is 0 Å². The van der Waals surface area contributed by atoms with Crippen LogP contribution < -0.4 is 10.2 Å². The highest BCUT2D eigenvalue weighted by Gasteiger charge is 2.24. The number of nitrogens with zero attached hydrogens (tertiary/aromatic N) is 1. The molecule has 0 radical (unpaired) electrons. The summed E-state index contributed by atoms with van der Waals surface area (Å²) >= 11 is 0. The molecule has 61 heavy (non-hydrogen) atoms. The van der Waals surface area contributed by atoms with Crippen LogP contribution in [0.15, 0.2) is 12.2 Å². The Morgan fingerprint density at radius 3 is 1.28 bits per heavy atom. The predicted molar refractivity (Wildman–Crippen MR) is 261 cm³/mol. The molecule has 0 aromatic carbocycles. The number of likely N-dealkylation sites (N-methyl/N-ethyl adjacent to an activating group) is 1. The summed E-state index contributed by atoms with van der Waals surface area (Å²) in [5, 5.41) is 14.0. The molecule has 3 unspecified atom stereocenters. The zero-order valence-electron chi connectivity index (χ0n) is 41.4. The Bertz CT molecular complexity index is 1000. The Kier molecular flexibility index (Phi) is 43.9. The van der Waals surface area contributed by atoms with Gasteiger partial charge in [0.15, 0.2) is 0 Å². The highest BCUT2D eigenvalue weighted by atomic mass is 31.2. The van der Waals surface area contributed by atoms with Gasteiger partial charge in [0, 0.05) is 6.42 Å². The number of amides is 1. The van der Waals surface area contributed by atoms with Crippen LogP contribution in [0.2, 0.25) is 0 Å². The van der Waals surface area contributed by atoms with Gasteiger partial charge in [0.25, 0.3) is 7.82 Å². The second kappa shape index (κ2) is 44.4. The number of quaternary nitrogens is 1. The average Bonchev–Trinajstić information content (AvgIpc) is 3.21. The van der Waals surface area contributed by atoms with Crippen LogP contribution in [0.3, 0.4) is 0 Å². The second-order valence-electron chi connectivity index (χ2n) is 19.6. The number of unbranched alkanes of at least 4 members (excludes halogenated alkanes) is 34. The van der Waals surface area contributed by atoms with Crippen LogP contribution in [-0.2, 0) is 18.4 Å². The van der Waals surface area contributed by atoms with Crippen molar-refractivity contribution in [2.45, 2.75) is 276 Å². The molecule has 0 aliphatic carbocycles. The zero-order valence-corrected chi connectivity index (χ0v) is 42.3. The molecule has 9 heteroatoms. The fraction of sp³-hybridized carbons (Fsp3) is 0.942. The quantitative estimate of drug-likeness (QED) is 0.0273. The van der Waals surface area contributed by atoms with Crippen LogP contribution in [0, 0.1) is 0 Å². The van der Waals surface area contributed by atoms with Gasteiger partial charge in [-0.25, -0.2) is 0 Å². The lowest BCUT2D eigenvalue weighted by Crippen LogP contribution is -2.46. The first-order chi connectivity index (χ1) is 29.5. The number of phosphoric acid groups is 1. The maximum atomic E-state index is 12.9. The molecule has 0 fully saturated rings. The summed E-state index contributed by atoms with van der Waals surface area (Å²) in [6.07, 6.45) is 52.2. The van der Waals surface area contributed by atoms with Crippen LogP contribution in [0.4, 0.5) is 0 Å². The number of rotatable bonds is 49. The normalized spacial score (nSPS) is 14.1. The van der Waals surface area contributed by atoms with Crippen molar-refractivity contribution < 1.29 is 32.9 Å². The SMILES string of the molecule is CCCCCCCCCCCC/C=C\CCCCCCCCCC(=O)NC(COP(=O)([O-])OCC[N+](C)(C)C)C(O)CCCCCCCCCCCCCCCCCCCC. The molecule has 3 atom stereocenters. The summed E-state index contributed by atoms with van der Waals surface area (Å²) < 4.78 is 23.4. The lowest BCUT2D eigenvalue weighted by atomic mass is 10.0. The van der Waals surface area contributed by atoms with E-state index in [0.29, 0.717) is 23.9 Å². The average molecular weight is 885 g/mol. The van der Waals surface area contributed by atoms with Crippen molar-refractivity contribution in [2.24, 2.45) is 0 Å². The molecule has 0 rings (SSSR count). The molecule has 1 amide bonds. The van der Waals surface area contributed by atoms with Crippen molar-refractivity contribution in [3.8, 4) is 0 Å². The van der Waals surface area contributed by atoms with Gasteiger partial charge >= 0.3 is 0 Å². The summed E-state index contributed by atoms with van der Waals surface area (Å²) in [6, 6.07) is -0.800. The van der Waals surface area contributed by atoms with E-state index in [-0.39, 0.29) is 19.1 Å². The van der Waals surface area contributed by atoms with E-state index in [1.807, 2.05) is 21.1 Å². The monoisotopic (exact) mass is 885 g/mol. The van der Waals surface area contributed by atoms with Gasteiger partial charge in [-0.15, -0.1) is 0 Å². The van der Waals surface area contributed by atoms with Crippen molar-refractivity contribution in [3.05, 3.63) is 12.2 Å². The summed E-state index contributed by atoms with van der Waals surface area (Å²) in [7, 11) is 1.31. The third kappa shape index (κ3) is 47.0. The first kappa shape index (κ1) is 60.2. The van der Waals surface area contributed by atoms with E-state index in [4.69, 9.17) is 9.05 Å². The van der Waals surface area contributed by atoms with Gasteiger partial charge in [0.2, 0.25) is 5.91 Å². The van der Waals surface area contributed by atoms with E-state index in [1.165, 1.54) is 199 Å². The minimum Gasteiger partial charge on any atom is -0.756 e. The second-order valence-corrected chi connectivity index (χ2v) is 21.0. The van der Waals surface area contributed by atoms with Gasteiger partial charge < -0.3 is 28.8 Å². The number of carbonyl (C=O) groups is 1. The Balaban J connectivity index is 4.23. The molecule has 0 heterocycles. The van der Waals surface area contributed by atoms with E-state index in [2.05, 4.69) is 31.3 Å². The molecule has 0 bridgehead atoms. The van der Waals surface area contributed by atoms with Crippen molar-refractivity contribution in [3.63, 3.8) is 0 Å². The highest BCUT2D eigenvalue weighted by molar-refractivity contribution is 7.45. The zero-order chi connectivity index (χ0) is 45.0. The van der Waals surface area contributed by atoms with E-state index < -0.39 is 20.0 Å². The minimum absolute atomic E-state index is 0.0136. The lowest BCUT2D eigenvalue weighted by molar-refractivity contribution is -0.870. The molecule has 0 aromatic heterocycles. The predicted octanol–water partition coefficient (Wildman–Crippen LogP) is 14.8. The molecule has 8 nitrogen and oxygen atoms in total. The van der Waals surface area contributed by atoms with Crippen molar-refractivity contribution >= 4 is 13.7 Å². The van der Waals surface area contributed by atoms with Crippen LogP contribution in [0.1, 0.15) is 264 Å². The lowest BCUT2D eigenvalue weighted by Gasteiger charge is -2.30. The molecule has 0 saturated carbocycles. The fourth-order valence-corrected chi connectivity index (χ4v) is 8.76. The summed E-state index contributed by atoms with van der Waals surface area (Å²) in [6.45, 7) is 4.75. The number of aliphatic hydroxyl groups is 1. The van der Waals surface area contributed by atoms with Crippen LogP contribution in [0.5, 0.6) is 0 Å². The van der Waals surface area contributed by atoms with Gasteiger partial charge in [-0.1, -0.05) is 231 Å². The first-order valence-electron chi connectivity index (χ1n) is 26.5. The molecule has 0 saturated heterocycles. The number of phosphoric ester groups is 1. The molecule has 0 aromatic rings. The van der Waals surface area contributed by atoms with Gasteiger partial charge in [0.05, 0.1) is 39.9 Å². The number of allylic oxidation sites excluding steroid dienone is 2. The molecule has 2 N–H and O–H groups in total. The van der Waals surface area contributed by atoms with E-state index in [9.17, 15) is 19.4 Å². The van der Waals surface area contributed by atoms with Crippen LogP contribution in [0.25, 0.3) is 0 Å². The minimum atomic E-state index is -4.57. The maximum absolute atomic E-state index is 12.9. The van der Waals surface area contributed by atoms with Crippen LogP contribution in [-0.4, -0.2) is 68.5 Å². The highest BCUT2D eigenvalue weighted by Crippen LogP contribution is 2.38.